The Hall–Kier alpha value is -0.570. The second-order valence-corrected chi connectivity index (χ2v) is 5.39. The lowest BCUT2D eigenvalue weighted by molar-refractivity contribution is -0.125. The predicted octanol–water partition coefficient (Wildman–Crippen LogP) is 1.78. The lowest BCUT2D eigenvalue weighted by Crippen LogP contribution is -2.43. The van der Waals surface area contributed by atoms with Crippen molar-refractivity contribution in [3.63, 3.8) is 0 Å². The van der Waals surface area contributed by atoms with Gasteiger partial charge < -0.3 is 5.32 Å². The fourth-order valence-electron chi connectivity index (χ4n) is 3.00. The van der Waals surface area contributed by atoms with Crippen molar-refractivity contribution in [1.29, 1.82) is 0 Å². The van der Waals surface area contributed by atoms with Gasteiger partial charge in [-0.05, 0) is 45.2 Å². The maximum Gasteiger partial charge on any atom is 0.237 e. The SMILES string of the molecule is CN1CCCC1C(=O)NCC1CCCCC1. The van der Waals surface area contributed by atoms with Crippen LogP contribution in [-0.4, -0.2) is 37.0 Å². The summed E-state index contributed by atoms with van der Waals surface area (Å²) < 4.78 is 0. The Bertz CT molecular complexity index is 236. The van der Waals surface area contributed by atoms with E-state index in [2.05, 4.69) is 17.3 Å². The minimum Gasteiger partial charge on any atom is -0.354 e. The van der Waals surface area contributed by atoms with Gasteiger partial charge in [0.05, 0.1) is 6.04 Å². The van der Waals surface area contributed by atoms with Crippen LogP contribution in [0.2, 0.25) is 0 Å². The van der Waals surface area contributed by atoms with Crippen molar-refractivity contribution in [2.75, 3.05) is 20.1 Å². The highest BCUT2D eigenvalue weighted by molar-refractivity contribution is 5.81. The third-order valence-corrected chi connectivity index (χ3v) is 4.11. The molecular weight excluding hydrogens is 200 g/mol. The van der Waals surface area contributed by atoms with E-state index >= 15 is 0 Å². The second kappa shape index (κ2) is 5.67. The minimum absolute atomic E-state index is 0.142. The number of nitrogens with zero attached hydrogens (tertiary/aromatic N) is 1. The van der Waals surface area contributed by atoms with Gasteiger partial charge in [0.2, 0.25) is 5.91 Å². The van der Waals surface area contributed by atoms with E-state index in [9.17, 15) is 4.79 Å². The van der Waals surface area contributed by atoms with Crippen LogP contribution >= 0.6 is 0 Å². The van der Waals surface area contributed by atoms with E-state index in [1.54, 1.807) is 0 Å². The van der Waals surface area contributed by atoms with Crippen LogP contribution in [0.25, 0.3) is 0 Å². The number of carbonyl (C=O) groups is 1. The Morgan fingerprint density at radius 1 is 1.19 bits per heavy atom. The summed E-state index contributed by atoms with van der Waals surface area (Å²) in [5.41, 5.74) is 0. The lowest BCUT2D eigenvalue weighted by Gasteiger charge is -2.24. The molecule has 1 aliphatic carbocycles. The van der Waals surface area contributed by atoms with Crippen LogP contribution in [0.15, 0.2) is 0 Å². The molecule has 1 heterocycles. The van der Waals surface area contributed by atoms with Crippen molar-refractivity contribution in [1.82, 2.24) is 10.2 Å². The molecule has 0 aromatic heterocycles. The Morgan fingerprint density at radius 3 is 2.56 bits per heavy atom. The summed E-state index contributed by atoms with van der Waals surface area (Å²) in [5, 5.41) is 3.14. The number of likely N-dealkylation sites (tertiary alicyclic amines) is 1. The lowest BCUT2D eigenvalue weighted by atomic mass is 9.89. The first-order chi connectivity index (χ1) is 7.77. The number of carbonyl (C=O) groups excluding carboxylic acids is 1. The maximum atomic E-state index is 11.9. The van der Waals surface area contributed by atoms with Crippen molar-refractivity contribution in [2.24, 2.45) is 5.92 Å². The summed E-state index contributed by atoms with van der Waals surface area (Å²) in [6.45, 7) is 1.98. The average Bonchev–Trinajstić information content (AvgIpc) is 2.74. The van der Waals surface area contributed by atoms with E-state index in [0.717, 1.165) is 31.8 Å². The molecule has 0 spiro atoms. The fourth-order valence-corrected chi connectivity index (χ4v) is 3.00. The van der Waals surface area contributed by atoms with Gasteiger partial charge in [-0.3, -0.25) is 9.69 Å². The molecule has 1 saturated heterocycles. The Labute approximate surface area is 98.6 Å². The molecule has 0 radical (unpaired) electrons. The molecule has 0 bridgehead atoms. The van der Waals surface area contributed by atoms with Gasteiger partial charge in [0.15, 0.2) is 0 Å². The number of hydrogen-bond acceptors (Lipinski definition) is 2. The molecule has 3 heteroatoms. The van der Waals surface area contributed by atoms with Crippen molar-refractivity contribution in [3.8, 4) is 0 Å². The van der Waals surface area contributed by atoms with Crippen LogP contribution in [0.1, 0.15) is 44.9 Å². The summed E-state index contributed by atoms with van der Waals surface area (Å²) in [5.74, 6) is 0.995. The number of likely N-dealkylation sites (N-methyl/N-ethyl adjacent to an activating group) is 1. The third-order valence-electron chi connectivity index (χ3n) is 4.11. The Balaban J connectivity index is 1.70. The van der Waals surface area contributed by atoms with Gasteiger partial charge in [-0.25, -0.2) is 0 Å². The molecule has 1 amide bonds. The van der Waals surface area contributed by atoms with E-state index in [-0.39, 0.29) is 11.9 Å². The molecule has 0 aromatic carbocycles. The molecule has 2 fully saturated rings. The molecule has 16 heavy (non-hydrogen) atoms. The fraction of sp³-hybridized carbons (Fsp3) is 0.923. The average molecular weight is 224 g/mol. The van der Waals surface area contributed by atoms with E-state index in [4.69, 9.17) is 0 Å². The smallest absolute Gasteiger partial charge is 0.237 e. The standard InChI is InChI=1S/C13H24N2O/c1-15-9-5-8-12(15)13(16)14-10-11-6-3-2-4-7-11/h11-12H,2-10H2,1H3,(H,14,16). The zero-order valence-electron chi connectivity index (χ0n) is 10.4. The maximum absolute atomic E-state index is 11.9. The van der Waals surface area contributed by atoms with Crippen LogP contribution in [0.4, 0.5) is 0 Å². The van der Waals surface area contributed by atoms with Crippen molar-refractivity contribution in [3.05, 3.63) is 0 Å². The van der Waals surface area contributed by atoms with Crippen molar-refractivity contribution in [2.45, 2.75) is 51.0 Å². The molecule has 92 valence electrons. The monoisotopic (exact) mass is 224 g/mol. The van der Waals surface area contributed by atoms with Crippen molar-refractivity contribution >= 4 is 5.91 Å². The Kier molecular flexibility index (Phi) is 4.22. The highest BCUT2D eigenvalue weighted by atomic mass is 16.2. The molecule has 1 N–H and O–H groups in total. The molecule has 2 aliphatic rings. The van der Waals surface area contributed by atoms with E-state index in [0.29, 0.717) is 0 Å². The molecule has 1 saturated carbocycles. The number of amides is 1. The molecule has 2 rings (SSSR count). The second-order valence-electron chi connectivity index (χ2n) is 5.39. The van der Waals surface area contributed by atoms with Gasteiger partial charge in [0.25, 0.3) is 0 Å². The zero-order chi connectivity index (χ0) is 11.4. The first-order valence-corrected chi connectivity index (χ1v) is 6.75. The summed E-state index contributed by atoms with van der Waals surface area (Å²) in [6.07, 6.45) is 8.90. The summed E-state index contributed by atoms with van der Waals surface area (Å²) in [7, 11) is 2.05. The molecule has 1 aliphatic heterocycles. The quantitative estimate of drug-likeness (QED) is 0.792. The summed E-state index contributed by atoms with van der Waals surface area (Å²) in [4.78, 5) is 14.1. The molecule has 1 atom stereocenters. The summed E-state index contributed by atoms with van der Waals surface area (Å²) in [6, 6.07) is 0.142. The normalized spacial score (nSPS) is 28.2. The van der Waals surface area contributed by atoms with Crippen LogP contribution in [-0.2, 0) is 4.79 Å². The highest BCUT2D eigenvalue weighted by Crippen LogP contribution is 2.23. The molecular formula is C13H24N2O. The molecule has 1 unspecified atom stereocenters. The number of hydrogen-bond donors (Lipinski definition) is 1. The van der Waals surface area contributed by atoms with Gasteiger partial charge in [0, 0.05) is 6.54 Å². The van der Waals surface area contributed by atoms with Gasteiger partial charge >= 0.3 is 0 Å². The van der Waals surface area contributed by atoms with Gasteiger partial charge in [-0.1, -0.05) is 19.3 Å². The van der Waals surface area contributed by atoms with Crippen LogP contribution in [0, 0.1) is 5.92 Å². The predicted molar refractivity (Wildman–Crippen MR) is 65.2 cm³/mol. The first-order valence-electron chi connectivity index (χ1n) is 6.75. The number of nitrogens with one attached hydrogen (secondary N) is 1. The topological polar surface area (TPSA) is 32.3 Å². The zero-order valence-corrected chi connectivity index (χ0v) is 10.4. The van der Waals surface area contributed by atoms with Gasteiger partial charge in [-0.2, -0.15) is 0 Å². The van der Waals surface area contributed by atoms with Crippen LogP contribution in [0.3, 0.4) is 0 Å². The summed E-state index contributed by atoms with van der Waals surface area (Å²) >= 11 is 0. The van der Waals surface area contributed by atoms with Gasteiger partial charge in [-0.15, -0.1) is 0 Å². The molecule has 0 aromatic rings. The highest BCUT2D eigenvalue weighted by Gasteiger charge is 2.27. The van der Waals surface area contributed by atoms with E-state index in [1.807, 2.05) is 0 Å². The number of rotatable bonds is 3. The van der Waals surface area contributed by atoms with E-state index < -0.39 is 0 Å². The van der Waals surface area contributed by atoms with E-state index in [1.165, 1.54) is 32.1 Å². The van der Waals surface area contributed by atoms with Crippen molar-refractivity contribution < 1.29 is 4.79 Å². The van der Waals surface area contributed by atoms with Crippen LogP contribution < -0.4 is 5.32 Å². The largest absolute Gasteiger partial charge is 0.354 e. The molecule has 3 nitrogen and oxygen atoms in total. The first kappa shape index (κ1) is 11.9. The Morgan fingerprint density at radius 2 is 1.94 bits per heavy atom. The van der Waals surface area contributed by atoms with Gasteiger partial charge in [0.1, 0.15) is 0 Å². The minimum atomic E-state index is 0.142. The van der Waals surface area contributed by atoms with Crippen LogP contribution in [0.5, 0.6) is 0 Å². The third kappa shape index (κ3) is 2.97.